The number of likely N-dealkylation sites (N-methyl/N-ethyl adjacent to an activating group) is 1. The third kappa shape index (κ3) is 5.66. The molecule has 2 atom stereocenters. The summed E-state index contributed by atoms with van der Waals surface area (Å²) in [7, 11) is 2.19. The molecule has 6 heteroatoms. The Bertz CT molecular complexity index is 665. The highest BCUT2D eigenvalue weighted by Crippen LogP contribution is 2.37. The van der Waals surface area contributed by atoms with Crippen molar-refractivity contribution in [2.45, 2.75) is 57.9 Å². The van der Waals surface area contributed by atoms with E-state index in [0.29, 0.717) is 5.75 Å². The van der Waals surface area contributed by atoms with Crippen LogP contribution in [0.3, 0.4) is 0 Å². The van der Waals surface area contributed by atoms with E-state index in [1.807, 2.05) is 26.0 Å². The lowest BCUT2D eigenvalue weighted by Crippen LogP contribution is -2.45. The van der Waals surface area contributed by atoms with Crippen LogP contribution in [0.4, 0.5) is 0 Å². The van der Waals surface area contributed by atoms with Crippen molar-refractivity contribution in [3.8, 4) is 5.75 Å². The van der Waals surface area contributed by atoms with Gasteiger partial charge in [-0.3, -0.25) is 0 Å². The lowest BCUT2D eigenvalue weighted by molar-refractivity contribution is -0.140. The number of carbonyl (C=O) groups is 1. The molecule has 0 spiro atoms. The second kappa shape index (κ2) is 9.51. The van der Waals surface area contributed by atoms with Crippen LogP contribution in [0.2, 0.25) is 0 Å². The molecule has 5 nitrogen and oxygen atoms in total. The first-order valence-electron chi connectivity index (χ1n) is 9.77. The average Bonchev–Trinajstić information content (AvgIpc) is 2.81. The smallest absolute Gasteiger partial charge is 0.326 e. The molecule has 27 heavy (non-hydrogen) atoms. The summed E-state index contributed by atoms with van der Waals surface area (Å²) in [6, 6.07) is 7.32. The van der Waals surface area contributed by atoms with Gasteiger partial charge >= 0.3 is 5.97 Å². The molecule has 1 aromatic carbocycles. The number of carboxylic acids is 1. The highest BCUT2D eigenvalue weighted by molar-refractivity contribution is 7.80. The molecule has 1 saturated heterocycles. The molecule has 0 bridgehead atoms. The fourth-order valence-electron chi connectivity index (χ4n) is 3.91. The van der Waals surface area contributed by atoms with Gasteiger partial charge in [0.2, 0.25) is 0 Å². The second-order valence-corrected chi connectivity index (χ2v) is 8.32. The predicted octanol–water partition coefficient (Wildman–Crippen LogP) is 3.81. The average molecular weight is 393 g/mol. The Morgan fingerprint density at radius 1 is 1.41 bits per heavy atom. The van der Waals surface area contributed by atoms with Gasteiger partial charge in [-0.15, -0.1) is 0 Å². The molecular formula is C21H32N2O3S. The Morgan fingerprint density at radius 2 is 2.15 bits per heavy atom. The number of hydrogen-bond acceptors (Lipinski definition) is 4. The number of benzene rings is 1. The van der Waals surface area contributed by atoms with Crippen LogP contribution in [0.15, 0.2) is 24.3 Å². The van der Waals surface area contributed by atoms with Gasteiger partial charge in [0.25, 0.3) is 5.17 Å². The molecule has 1 fully saturated rings. The molecule has 0 aromatic heterocycles. The number of thiocarbonyl (C=S) groups is 1. The fourth-order valence-corrected chi connectivity index (χ4v) is 4.14. The van der Waals surface area contributed by atoms with Crippen molar-refractivity contribution in [3.05, 3.63) is 29.8 Å². The highest BCUT2D eigenvalue weighted by atomic mass is 32.1. The third-order valence-electron chi connectivity index (χ3n) is 5.56. The largest absolute Gasteiger partial charge is 0.480 e. The van der Waals surface area contributed by atoms with Crippen molar-refractivity contribution in [1.82, 2.24) is 10.2 Å². The highest BCUT2D eigenvalue weighted by Gasteiger charge is 2.33. The standard InChI is InChI=1S/C21H32N2O3S/c1-5-21(11-6-7-12-23(4)14-21)16-9-8-10-17(13-16)26-20(27)22-18(15(2)3)19(24)25/h8-10,13,15,18H,5-7,11-12,14H2,1-4H3,(H,22,27)(H,24,25). The molecule has 1 aliphatic heterocycles. The summed E-state index contributed by atoms with van der Waals surface area (Å²) < 4.78 is 5.77. The van der Waals surface area contributed by atoms with E-state index in [-0.39, 0.29) is 16.5 Å². The predicted molar refractivity (Wildman–Crippen MR) is 112 cm³/mol. The quantitative estimate of drug-likeness (QED) is 0.718. The van der Waals surface area contributed by atoms with Crippen molar-refractivity contribution < 1.29 is 14.6 Å². The van der Waals surface area contributed by atoms with E-state index < -0.39 is 12.0 Å². The minimum Gasteiger partial charge on any atom is -0.480 e. The Morgan fingerprint density at radius 3 is 2.78 bits per heavy atom. The Hall–Kier alpha value is -1.66. The van der Waals surface area contributed by atoms with Crippen LogP contribution in [0, 0.1) is 5.92 Å². The van der Waals surface area contributed by atoms with Crippen molar-refractivity contribution >= 4 is 23.4 Å². The maximum Gasteiger partial charge on any atom is 0.326 e. The molecule has 0 amide bonds. The number of likely N-dealkylation sites (tertiary alicyclic amines) is 1. The SMILES string of the molecule is CCC1(c2cccc(OC(=S)NC(C(=O)O)C(C)C)c2)CCCCN(C)C1. The number of carboxylic acid groups (broad SMARTS) is 1. The van der Waals surface area contributed by atoms with Crippen molar-refractivity contribution in [2.75, 3.05) is 20.1 Å². The van der Waals surface area contributed by atoms with Crippen LogP contribution in [0.25, 0.3) is 0 Å². The number of nitrogens with one attached hydrogen (secondary N) is 1. The van der Waals surface area contributed by atoms with Gasteiger partial charge in [-0.2, -0.15) is 0 Å². The van der Waals surface area contributed by atoms with Crippen molar-refractivity contribution in [2.24, 2.45) is 5.92 Å². The minimum absolute atomic E-state index is 0.0942. The molecule has 2 unspecified atom stereocenters. The van der Waals surface area contributed by atoms with Crippen LogP contribution < -0.4 is 10.1 Å². The zero-order valence-electron chi connectivity index (χ0n) is 16.8. The number of nitrogens with zero attached hydrogens (tertiary/aromatic N) is 1. The van der Waals surface area contributed by atoms with Crippen LogP contribution in [-0.2, 0) is 10.2 Å². The maximum absolute atomic E-state index is 11.4. The number of rotatable bonds is 6. The Balaban J connectivity index is 2.16. The summed E-state index contributed by atoms with van der Waals surface area (Å²) in [5, 5.41) is 12.2. The van der Waals surface area contributed by atoms with Gasteiger partial charge < -0.3 is 20.1 Å². The number of hydrogen-bond donors (Lipinski definition) is 2. The van der Waals surface area contributed by atoms with E-state index in [1.54, 1.807) is 0 Å². The topological polar surface area (TPSA) is 61.8 Å². The zero-order chi connectivity index (χ0) is 20.0. The molecule has 1 aromatic rings. The van der Waals surface area contributed by atoms with E-state index >= 15 is 0 Å². The maximum atomic E-state index is 11.4. The molecule has 0 radical (unpaired) electrons. The van der Waals surface area contributed by atoms with Gasteiger partial charge in [-0.1, -0.05) is 39.3 Å². The molecule has 150 valence electrons. The van der Waals surface area contributed by atoms with E-state index in [4.69, 9.17) is 17.0 Å². The van der Waals surface area contributed by atoms with Gasteiger partial charge in [0, 0.05) is 12.0 Å². The van der Waals surface area contributed by atoms with E-state index in [0.717, 1.165) is 25.9 Å². The summed E-state index contributed by atoms with van der Waals surface area (Å²) in [5.74, 6) is -0.381. The first kappa shape index (κ1) is 21.6. The molecular weight excluding hydrogens is 360 g/mol. The fraction of sp³-hybridized carbons (Fsp3) is 0.619. The van der Waals surface area contributed by atoms with E-state index in [9.17, 15) is 9.90 Å². The molecule has 1 heterocycles. The molecule has 2 N–H and O–H groups in total. The number of aliphatic carboxylic acids is 1. The summed E-state index contributed by atoms with van der Waals surface area (Å²) >= 11 is 5.24. The van der Waals surface area contributed by atoms with Gasteiger partial charge in [-0.05, 0) is 68.7 Å². The monoisotopic (exact) mass is 392 g/mol. The van der Waals surface area contributed by atoms with E-state index in [1.165, 1.54) is 18.4 Å². The summed E-state index contributed by atoms with van der Waals surface area (Å²) in [4.78, 5) is 13.8. The van der Waals surface area contributed by atoms with Crippen LogP contribution in [0.1, 0.15) is 52.0 Å². The summed E-state index contributed by atoms with van der Waals surface area (Å²) in [6.07, 6.45) is 4.68. The molecule has 0 aliphatic carbocycles. The van der Waals surface area contributed by atoms with Crippen LogP contribution in [0.5, 0.6) is 5.75 Å². The zero-order valence-corrected chi connectivity index (χ0v) is 17.6. The first-order chi connectivity index (χ1) is 12.8. The van der Waals surface area contributed by atoms with Gasteiger partial charge in [0.05, 0.1) is 0 Å². The van der Waals surface area contributed by atoms with E-state index in [2.05, 4.69) is 36.3 Å². The van der Waals surface area contributed by atoms with Crippen LogP contribution >= 0.6 is 12.2 Å². The third-order valence-corrected chi connectivity index (χ3v) is 5.76. The Labute approximate surface area is 168 Å². The lowest BCUT2D eigenvalue weighted by atomic mass is 9.74. The Kier molecular flexibility index (Phi) is 7.62. The summed E-state index contributed by atoms with van der Waals surface area (Å²) in [6.45, 7) is 8.09. The first-order valence-corrected chi connectivity index (χ1v) is 10.2. The van der Waals surface area contributed by atoms with Gasteiger partial charge in [-0.25, -0.2) is 4.79 Å². The minimum atomic E-state index is -0.934. The van der Waals surface area contributed by atoms with Gasteiger partial charge in [0.15, 0.2) is 0 Å². The van der Waals surface area contributed by atoms with Crippen molar-refractivity contribution in [3.63, 3.8) is 0 Å². The lowest BCUT2D eigenvalue weighted by Gasteiger charge is -2.35. The molecule has 2 rings (SSSR count). The van der Waals surface area contributed by atoms with Gasteiger partial charge in [0.1, 0.15) is 11.8 Å². The molecule has 0 saturated carbocycles. The summed E-state index contributed by atoms with van der Waals surface area (Å²) in [5.41, 5.74) is 1.37. The normalized spacial score (nSPS) is 22.1. The van der Waals surface area contributed by atoms with Crippen molar-refractivity contribution in [1.29, 1.82) is 0 Å². The second-order valence-electron chi connectivity index (χ2n) is 7.95. The number of ether oxygens (including phenoxy) is 1. The van der Waals surface area contributed by atoms with Crippen LogP contribution in [-0.4, -0.2) is 47.3 Å². The molecule has 1 aliphatic rings.